The van der Waals surface area contributed by atoms with Gasteiger partial charge >= 0.3 is 0 Å². The Kier molecular flexibility index (Phi) is 2.08. The number of pyridine rings is 1. The number of aromatic amines is 2. The Morgan fingerprint density at radius 3 is 2.82 bits per heavy atom. The summed E-state index contributed by atoms with van der Waals surface area (Å²) in [7, 11) is 0. The Bertz CT molecular complexity index is 726. The van der Waals surface area contributed by atoms with Gasteiger partial charge in [-0.25, -0.2) is 0 Å². The minimum absolute atomic E-state index is 0.0431. The highest BCUT2D eigenvalue weighted by atomic mass is 16.1. The van der Waals surface area contributed by atoms with E-state index >= 15 is 0 Å². The summed E-state index contributed by atoms with van der Waals surface area (Å²) in [5, 5.41) is 7.37. The predicted molar refractivity (Wildman–Crippen MR) is 66.9 cm³/mol. The fraction of sp³-hybridized carbons (Fsp3) is 0.0769. The molecule has 3 aromatic rings. The van der Waals surface area contributed by atoms with Gasteiger partial charge < -0.3 is 4.98 Å². The summed E-state index contributed by atoms with van der Waals surface area (Å²) in [5.74, 6) is 0. The molecule has 1 aromatic carbocycles. The van der Waals surface area contributed by atoms with Gasteiger partial charge in [0.25, 0.3) is 0 Å². The first-order valence-electron chi connectivity index (χ1n) is 5.37. The third-order valence-corrected chi connectivity index (χ3v) is 2.80. The first-order chi connectivity index (χ1) is 8.24. The van der Waals surface area contributed by atoms with Crippen molar-refractivity contribution in [1.82, 2.24) is 15.2 Å². The summed E-state index contributed by atoms with van der Waals surface area (Å²) in [6.07, 6.45) is 3.55. The summed E-state index contributed by atoms with van der Waals surface area (Å²) in [4.78, 5) is 15.1. The van der Waals surface area contributed by atoms with Gasteiger partial charge in [-0.1, -0.05) is 6.07 Å². The van der Waals surface area contributed by atoms with Crippen molar-refractivity contribution in [2.24, 2.45) is 0 Å². The van der Waals surface area contributed by atoms with Crippen molar-refractivity contribution in [3.63, 3.8) is 0 Å². The van der Waals surface area contributed by atoms with E-state index in [1.54, 1.807) is 12.3 Å². The van der Waals surface area contributed by atoms with Gasteiger partial charge in [0.15, 0.2) is 5.43 Å². The number of hydrogen-bond acceptors (Lipinski definition) is 2. The summed E-state index contributed by atoms with van der Waals surface area (Å²) in [5.41, 5.74) is 3.75. The van der Waals surface area contributed by atoms with E-state index in [1.165, 1.54) is 0 Å². The van der Waals surface area contributed by atoms with E-state index in [-0.39, 0.29) is 5.43 Å². The molecule has 0 aliphatic rings. The molecule has 0 unspecified atom stereocenters. The van der Waals surface area contributed by atoms with Crippen LogP contribution in [0.3, 0.4) is 0 Å². The van der Waals surface area contributed by atoms with Crippen molar-refractivity contribution in [1.29, 1.82) is 0 Å². The van der Waals surface area contributed by atoms with Gasteiger partial charge in [0.05, 0.1) is 6.20 Å². The van der Waals surface area contributed by atoms with E-state index in [0.29, 0.717) is 5.39 Å². The van der Waals surface area contributed by atoms with Gasteiger partial charge in [-0.15, -0.1) is 0 Å². The van der Waals surface area contributed by atoms with Crippen LogP contribution in [-0.4, -0.2) is 15.2 Å². The molecule has 3 rings (SSSR count). The number of nitrogens with zero attached hydrogens (tertiary/aromatic N) is 1. The van der Waals surface area contributed by atoms with Crippen LogP contribution in [0.5, 0.6) is 0 Å². The molecule has 0 fully saturated rings. The molecule has 0 aliphatic heterocycles. The Labute approximate surface area is 97.3 Å². The first-order valence-corrected chi connectivity index (χ1v) is 5.37. The van der Waals surface area contributed by atoms with E-state index in [1.807, 2.05) is 31.3 Å². The van der Waals surface area contributed by atoms with Gasteiger partial charge in [0.2, 0.25) is 0 Å². The van der Waals surface area contributed by atoms with Crippen molar-refractivity contribution in [2.75, 3.05) is 0 Å². The number of benzene rings is 1. The van der Waals surface area contributed by atoms with Crippen LogP contribution in [0.15, 0.2) is 41.5 Å². The molecule has 0 aliphatic carbocycles. The van der Waals surface area contributed by atoms with Gasteiger partial charge in [-0.05, 0) is 24.6 Å². The van der Waals surface area contributed by atoms with Crippen LogP contribution in [-0.2, 0) is 0 Å². The second kappa shape index (κ2) is 3.59. The largest absolute Gasteiger partial charge is 0.358 e. The first kappa shape index (κ1) is 9.84. The van der Waals surface area contributed by atoms with E-state index in [2.05, 4.69) is 15.2 Å². The van der Waals surface area contributed by atoms with Gasteiger partial charge in [-0.3, -0.25) is 9.89 Å². The lowest BCUT2D eigenvalue weighted by Gasteiger charge is -2.02. The average Bonchev–Trinajstić information content (AvgIpc) is 2.82. The molecule has 0 atom stereocenters. The minimum Gasteiger partial charge on any atom is -0.358 e. The number of aryl methyl sites for hydroxylation is 1. The van der Waals surface area contributed by atoms with Gasteiger partial charge in [0.1, 0.15) is 0 Å². The van der Waals surface area contributed by atoms with Gasteiger partial charge in [0, 0.05) is 34.4 Å². The summed E-state index contributed by atoms with van der Waals surface area (Å²) in [6, 6.07) is 7.40. The molecule has 0 saturated heterocycles. The SMILES string of the molecule is Cc1cc(=O)c2cc(-c3cn[nH]c3)ccc2[nH]1. The standard InChI is InChI=1S/C13H11N3O/c1-8-4-13(17)11-5-9(2-3-12(11)16-8)10-6-14-15-7-10/h2-7H,1H3,(H,14,15)(H,16,17). The van der Waals surface area contributed by atoms with Crippen LogP contribution < -0.4 is 5.43 Å². The number of hydrogen-bond donors (Lipinski definition) is 2. The summed E-state index contributed by atoms with van der Waals surface area (Å²) < 4.78 is 0. The van der Waals surface area contributed by atoms with Crippen LogP contribution in [0.25, 0.3) is 22.0 Å². The second-order valence-electron chi connectivity index (χ2n) is 4.06. The fourth-order valence-electron chi connectivity index (χ4n) is 1.97. The topological polar surface area (TPSA) is 61.5 Å². The lowest BCUT2D eigenvalue weighted by atomic mass is 10.1. The highest BCUT2D eigenvalue weighted by Gasteiger charge is 2.04. The van der Waals surface area contributed by atoms with Crippen LogP contribution in [0.2, 0.25) is 0 Å². The Hall–Kier alpha value is -2.36. The number of H-pyrrole nitrogens is 2. The molecule has 4 nitrogen and oxygen atoms in total. The van der Waals surface area contributed by atoms with E-state index < -0.39 is 0 Å². The zero-order chi connectivity index (χ0) is 11.8. The van der Waals surface area contributed by atoms with E-state index in [9.17, 15) is 4.79 Å². The Balaban J connectivity index is 2.30. The number of fused-ring (bicyclic) bond motifs is 1. The lowest BCUT2D eigenvalue weighted by Crippen LogP contribution is -2.02. The van der Waals surface area contributed by atoms with Gasteiger partial charge in [-0.2, -0.15) is 5.10 Å². The van der Waals surface area contributed by atoms with Crippen LogP contribution >= 0.6 is 0 Å². The molecule has 0 radical (unpaired) electrons. The van der Waals surface area contributed by atoms with Crippen LogP contribution in [0.1, 0.15) is 5.69 Å². The van der Waals surface area contributed by atoms with Crippen molar-refractivity contribution >= 4 is 10.9 Å². The molecule has 17 heavy (non-hydrogen) atoms. The number of aromatic nitrogens is 3. The summed E-state index contributed by atoms with van der Waals surface area (Å²) in [6.45, 7) is 1.88. The molecule has 2 aromatic heterocycles. The predicted octanol–water partition coefficient (Wildman–Crippen LogP) is 2.23. The average molecular weight is 225 g/mol. The normalized spacial score (nSPS) is 10.9. The molecule has 2 N–H and O–H groups in total. The maximum absolute atomic E-state index is 11.9. The highest BCUT2D eigenvalue weighted by Crippen LogP contribution is 2.20. The van der Waals surface area contributed by atoms with Crippen LogP contribution in [0.4, 0.5) is 0 Å². The maximum Gasteiger partial charge on any atom is 0.189 e. The quantitative estimate of drug-likeness (QED) is 0.667. The Morgan fingerprint density at radius 1 is 1.18 bits per heavy atom. The molecule has 4 heteroatoms. The third-order valence-electron chi connectivity index (χ3n) is 2.80. The van der Waals surface area contributed by atoms with Crippen molar-refractivity contribution in [3.8, 4) is 11.1 Å². The van der Waals surface area contributed by atoms with Crippen LogP contribution in [0, 0.1) is 6.92 Å². The zero-order valence-corrected chi connectivity index (χ0v) is 9.32. The molecular formula is C13H11N3O. The molecule has 84 valence electrons. The second-order valence-corrected chi connectivity index (χ2v) is 4.06. The minimum atomic E-state index is 0.0431. The molecular weight excluding hydrogens is 214 g/mol. The van der Waals surface area contributed by atoms with Crippen molar-refractivity contribution < 1.29 is 0 Å². The van der Waals surface area contributed by atoms with Crippen molar-refractivity contribution in [2.45, 2.75) is 6.92 Å². The third kappa shape index (κ3) is 1.63. The van der Waals surface area contributed by atoms with Crippen molar-refractivity contribution in [3.05, 3.63) is 52.6 Å². The highest BCUT2D eigenvalue weighted by molar-refractivity contribution is 5.84. The maximum atomic E-state index is 11.9. The molecule has 0 saturated carbocycles. The van der Waals surface area contributed by atoms with E-state index in [4.69, 9.17) is 0 Å². The lowest BCUT2D eigenvalue weighted by molar-refractivity contribution is 1.09. The zero-order valence-electron chi connectivity index (χ0n) is 9.32. The summed E-state index contributed by atoms with van der Waals surface area (Å²) >= 11 is 0. The molecule has 0 bridgehead atoms. The fourth-order valence-corrected chi connectivity index (χ4v) is 1.97. The van der Waals surface area contributed by atoms with E-state index in [0.717, 1.165) is 22.3 Å². The molecule has 0 spiro atoms. The Morgan fingerprint density at radius 2 is 2.06 bits per heavy atom. The monoisotopic (exact) mass is 225 g/mol. The smallest absolute Gasteiger partial charge is 0.189 e. The number of rotatable bonds is 1. The molecule has 2 heterocycles. The number of nitrogens with one attached hydrogen (secondary N) is 2. The molecule has 0 amide bonds.